The van der Waals surface area contributed by atoms with E-state index in [-0.39, 0.29) is 5.91 Å². The summed E-state index contributed by atoms with van der Waals surface area (Å²) in [5.41, 5.74) is 2.66. The van der Waals surface area contributed by atoms with Gasteiger partial charge in [-0.2, -0.15) is 0 Å². The number of anilines is 1. The lowest BCUT2D eigenvalue weighted by Crippen LogP contribution is -2.42. The van der Waals surface area contributed by atoms with Gasteiger partial charge in [0.15, 0.2) is 0 Å². The Balaban J connectivity index is 1.21. The van der Waals surface area contributed by atoms with Gasteiger partial charge >= 0.3 is 0 Å². The highest BCUT2D eigenvalue weighted by Crippen LogP contribution is 2.23. The first kappa shape index (κ1) is 19.0. The van der Waals surface area contributed by atoms with Crippen LogP contribution in [0.4, 0.5) is 5.69 Å². The second kappa shape index (κ2) is 9.24. The molecule has 0 spiro atoms. The van der Waals surface area contributed by atoms with Crippen LogP contribution in [0, 0.1) is 5.92 Å². The molecule has 4 heteroatoms. The van der Waals surface area contributed by atoms with Gasteiger partial charge < -0.3 is 10.2 Å². The van der Waals surface area contributed by atoms with Crippen molar-refractivity contribution in [2.45, 2.75) is 31.7 Å². The maximum Gasteiger partial charge on any atom is 0.234 e. The number of likely N-dealkylation sites (tertiary alicyclic amines) is 1. The number of para-hydroxylation sites is 1. The van der Waals surface area contributed by atoms with Gasteiger partial charge in [0, 0.05) is 31.4 Å². The van der Waals surface area contributed by atoms with E-state index in [0.29, 0.717) is 18.5 Å². The van der Waals surface area contributed by atoms with E-state index < -0.39 is 0 Å². The van der Waals surface area contributed by atoms with Crippen LogP contribution in [0.15, 0.2) is 60.7 Å². The topological polar surface area (TPSA) is 35.6 Å². The van der Waals surface area contributed by atoms with Crippen LogP contribution in [-0.4, -0.2) is 49.6 Å². The minimum Gasteiger partial charge on any atom is -0.371 e. The molecule has 1 amide bonds. The van der Waals surface area contributed by atoms with Crippen molar-refractivity contribution in [3.05, 3.63) is 66.2 Å². The lowest BCUT2D eigenvalue weighted by Gasteiger charge is -2.24. The molecule has 2 aromatic rings. The lowest BCUT2D eigenvalue weighted by atomic mass is 10.0. The van der Waals surface area contributed by atoms with Gasteiger partial charge in [0.2, 0.25) is 5.91 Å². The summed E-state index contributed by atoms with van der Waals surface area (Å²) in [6.07, 6.45) is 4.58. The molecule has 4 rings (SSSR count). The van der Waals surface area contributed by atoms with E-state index in [9.17, 15) is 4.79 Å². The molecular formula is C24H31N3O. The highest BCUT2D eigenvalue weighted by Gasteiger charge is 2.27. The first-order chi connectivity index (χ1) is 13.8. The van der Waals surface area contributed by atoms with Gasteiger partial charge in [0.1, 0.15) is 0 Å². The number of nitrogens with zero attached hydrogens (tertiary/aromatic N) is 2. The third-order valence-corrected chi connectivity index (χ3v) is 6.16. The number of nitrogens with one attached hydrogen (secondary N) is 1. The largest absolute Gasteiger partial charge is 0.371 e. The molecule has 0 aliphatic carbocycles. The number of carbonyl (C=O) groups is 1. The van der Waals surface area contributed by atoms with E-state index in [1.54, 1.807) is 0 Å². The molecular weight excluding hydrogens is 346 g/mol. The fourth-order valence-electron chi connectivity index (χ4n) is 4.59. The van der Waals surface area contributed by atoms with Crippen LogP contribution in [0.5, 0.6) is 0 Å². The monoisotopic (exact) mass is 377 g/mol. The molecule has 0 bridgehead atoms. The zero-order valence-corrected chi connectivity index (χ0v) is 16.6. The molecule has 0 aromatic heterocycles. The third kappa shape index (κ3) is 4.93. The molecule has 2 aliphatic rings. The Morgan fingerprint density at radius 2 is 1.71 bits per heavy atom. The summed E-state index contributed by atoms with van der Waals surface area (Å²) >= 11 is 0. The van der Waals surface area contributed by atoms with Crippen LogP contribution in [0.1, 0.15) is 24.8 Å². The molecule has 0 saturated carbocycles. The van der Waals surface area contributed by atoms with Crippen molar-refractivity contribution in [2.75, 3.05) is 37.6 Å². The van der Waals surface area contributed by atoms with Crippen molar-refractivity contribution in [1.29, 1.82) is 0 Å². The van der Waals surface area contributed by atoms with Gasteiger partial charge in [0.05, 0.1) is 6.54 Å². The summed E-state index contributed by atoms with van der Waals surface area (Å²) in [5.74, 6) is 0.723. The Bertz CT molecular complexity index is 749. The lowest BCUT2D eigenvalue weighted by molar-refractivity contribution is -0.122. The first-order valence-corrected chi connectivity index (χ1v) is 10.6. The Labute approximate surface area is 168 Å². The van der Waals surface area contributed by atoms with Crippen LogP contribution in [-0.2, 0) is 11.2 Å². The highest BCUT2D eigenvalue weighted by atomic mass is 16.2. The van der Waals surface area contributed by atoms with Crippen LogP contribution in [0.3, 0.4) is 0 Å². The molecule has 2 fully saturated rings. The zero-order valence-electron chi connectivity index (χ0n) is 16.6. The van der Waals surface area contributed by atoms with Crippen molar-refractivity contribution in [1.82, 2.24) is 10.2 Å². The van der Waals surface area contributed by atoms with E-state index in [1.807, 2.05) is 0 Å². The molecule has 2 atom stereocenters. The van der Waals surface area contributed by atoms with Gasteiger partial charge in [0.25, 0.3) is 0 Å². The molecule has 2 aromatic carbocycles. The summed E-state index contributed by atoms with van der Waals surface area (Å²) in [7, 11) is 0. The van der Waals surface area contributed by atoms with Crippen molar-refractivity contribution in [2.24, 2.45) is 5.92 Å². The number of benzene rings is 2. The second-order valence-corrected chi connectivity index (χ2v) is 8.20. The van der Waals surface area contributed by atoms with E-state index in [2.05, 4.69) is 75.8 Å². The minimum atomic E-state index is 0.179. The summed E-state index contributed by atoms with van der Waals surface area (Å²) in [6.45, 7) is 4.47. The Morgan fingerprint density at radius 1 is 0.964 bits per heavy atom. The van der Waals surface area contributed by atoms with Crippen LogP contribution < -0.4 is 10.2 Å². The van der Waals surface area contributed by atoms with Gasteiger partial charge in [-0.25, -0.2) is 0 Å². The predicted molar refractivity (Wildman–Crippen MR) is 115 cm³/mol. The average molecular weight is 378 g/mol. The zero-order chi connectivity index (χ0) is 19.2. The number of carbonyl (C=O) groups excluding carboxylic acids is 1. The molecule has 1 N–H and O–H groups in total. The van der Waals surface area contributed by atoms with Crippen LogP contribution >= 0.6 is 0 Å². The van der Waals surface area contributed by atoms with Crippen molar-refractivity contribution in [3.8, 4) is 0 Å². The quantitative estimate of drug-likeness (QED) is 0.804. The number of rotatable bonds is 7. The Kier molecular flexibility index (Phi) is 6.27. The summed E-state index contributed by atoms with van der Waals surface area (Å²) in [4.78, 5) is 17.3. The molecule has 4 nitrogen and oxygen atoms in total. The Morgan fingerprint density at radius 3 is 2.50 bits per heavy atom. The van der Waals surface area contributed by atoms with Crippen molar-refractivity contribution >= 4 is 11.6 Å². The smallest absolute Gasteiger partial charge is 0.234 e. The van der Waals surface area contributed by atoms with Crippen molar-refractivity contribution in [3.63, 3.8) is 0 Å². The molecule has 2 heterocycles. The number of hydrogen-bond acceptors (Lipinski definition) is 3. The molecule has 148 valence electrons. The average Bonchev–Trinajstić information content (AvgIpc) is 3.38. The summed E-state index contributed by atoms with van der Waals surface area (Å²) in [6, 6.07) is 21.7. The third-order valence-electron chi connectivity index (χ3n) is 6.16. The summed E-state index contributed by atoms with van der Waals surface area (Å²) in [5, 5.41) is 3.20. The van der Waals surface area contributed by atoms with Crippen LogP contribution in [0.2, 0.25) is 0 Å². The second-order valence-electron chi connectivity index (χ2n) is 8.20. The Hall–Kier alpha value is -2.33. The van der Waals surface area contributed by atoms with E-state index in [4.69, 9.17) is 0 Å². The number of hydrogen-bond donors (Lipinski definition) is 1. The van der Waals surface area contributed by atoms with Crippen LogP contribution in [0.25, 0.3) is 0 Å². The first-order valence-electron chi connectivity index (χ1n) is 10.6. The van der Waals surface area contributed by atoms with Gasteiger partial charge in [-0.05, 0) is 55.8 Å². The fourth-order valence-corrected chi connectivity index (χ4v) is 4.59. The normalized spacial score (nSPS) is 22.5. The molecule has 28 heavy (non-hydrogen) atoms. The number of amides is 1. The SMILES string of the molecule is O=C(CN1CCC[C@@H]1Cc1ccccc1)NC[C@H]1CCN(c2ccccc2)C1. The molecule has 2 saturated heterocycles. The van der Waals surface area contributed by atoms with E-state index in [0.717, 1.165) is 39.0 Å². The summed E-state index contributed by atoms with van der Waals surface area (Å²) < 4.78 is 0. The maximum absolute atomic E-state index is 12.5. The highest BCUT2D eigenvalue weighted by molar-refractivity contribution is 5.78. The predicted octanol–water partition coefficient (Wildman–Crippen LogP) is 3.34. The molecule has 2 aliphatic heterocycles. The standard InChI is InChI=1S/C24H31N3O/c28-24(19-26-14-7-12-23(26)16-20-8-3-1-4-9-20)25-17-21-13-15-27(18-21)22-10-5-2-6-11-22/h1-6,8-11,21,23H,7,12-19H2,(H,25,28)/t21-,23-/m1/s1. The van der Waals surface area contributed by atoms with E-state index >= 15 is 0 Å². The minimum absolute atomic E-state index is 0.179. The van der Waals surface area contributed by atoms with Gasteiger partial charge in [-0.3, -0.25) is 9.69 Å². The fraction of sp³-hybridized carbons (Fsp3) is 0.458. The van der Waals surface area contributed by atoms with Gasteiger partial charge in [-0.1, -0.05) is 48.5 Å². The maximum atomic E-state index is 12.5. The molecule has 0 radical (unpaired) electrons. The van der Waals surface area contributed by atoms with Gasteiger partial charge in [-0.15, -0.1) is 0 Å². The van der Waals surface area contributed by atoms with E-state index in [1.165, 1.54) is 24.1 Å². The molecule has 0 unspecified atom stereocenters. The van der Waals surface area contributed by atoms with Crippen molar-refractivity contribution < 1.29 is 4.79 Å².